The van der Waals surface area contributed by atoms with Gasteiger partial charge in [-0.3, -0.25) is 0 Å². The van der Waals surface area contributed by atoms with Crippen molar-refractivity contribution >= 4 is 37.5 Å². The summed E-state index contributed by atoms with van der Waals surface area (Å²) in [5, 5.41) is 3.54. The van der Waals surface area contributed by atoms with Gasteiger partial charge in [0.2, 0.25) is 0 Å². The van der Waals surface area contributed by atoms with Gasteiger partial charge < -0.3 is 5.32 Å². The van der Waals surface area contributed by atoms with Crippen LogP contribution in [0.25, 0.3) is 0 Å². The summed E-state index contributed by atoms with van der Waals surface area (Å²) >= 11 is 7.24. The Balaban J connectivity index is 1.89. The summed E-state index contributed by atoms with van der Waals surface area (Å²) in [6, 6.07) is 4.31. The molecule has 0 spiro atoms. The minimum absolute atomic E-state index is 0.950. The Kier molecular flexibility index (Phi) is 4.92. The van der Waals surface area contributed by atoms with E-state index in [-0.39, 0.29) is 0 Å². The van der Waals surface area contributed by atoms with Gasteiger partial charge >= 0.3 is 0 Å². The number of hydrogen-bond donors (Lipinski definition) is 1. The first-order valence-electron chi connectivity index (χ1n) is 6.36. The van der Waals surface area contributed by atoms with Gasteiger partial charge in [-0.2, -0.15) is 0 Å². The largest absolute Gasteiger partial charge is 0.383 e. The highest BCUT2D eigenvalue weighted by molar-refractivity contribution is 9.11. The molecule has 1 aromatic carbocycles. The second kappa shape index (κ2) is 6.24. The van der Waals surface area contributed by atoms with Crippen LogP contribution in [0.3, 0.4) is 0 Å². The summed E-state index contributed by atoms with van der Waals surface area (Å²) in [6.45, 7) is 3.18. The second-order valence-electron chi connectivity index (χ2n) is 4.97. The molecule has 3 heteroatoms. The lowest BCUT2D eigenvalue weighted by molar-refractivity contribution is 0.518. The fourth-order valence-electron chi connectivity index (χ4n) is 2.57. The highest BCUT2D eigenvalue weighted by atomic mass is 79.9. The lowest BCUT2D eigenvalue weighted by Gasteiger charge is -2.14. The number of benzene rings is 1. The summed E-state index contributed by atoms with van der Waals surface area (Å²) in [5.41, 5.74) is 2.46. The Morgan fingerprint density at radius 2 is 1.76 bits per heavy atom. The predicted octanol–water partition coefficient (Wildman–Crippen LogP) is 5.51. The van der Waals surface area contributed by atoms with Gasteiger partial charge in [0.25, 0.3) is 0 Å². The minimum atomic E-state index is 0.950. The van der Waals surface area contributed by atoms with Gasteiger partial charge in [-0.25, -0.2) is 0 Å². The molecule has 0 unspecified atom stereocenters. The van der Waals surface area contributed by atoms with E-state index in [1.807, 2.05) is 0 Å². The van der Waals surface area contributed by atoms with Crippen LogP contribution < -0.4 is 5.32 Å². The average Bonchev–Trinajstić information content (AvgIpc) is 2.74. The number of nitrogens with one attached hydrogen (secondary N) is 1. The van der Waals surface area contributed by atoms with Crippen molar-refractivity contribution in [3.63, 3.8) is 0 Å². The second-order valence-corrected chi connectivity index (χ2v) is 6.68. The molecule has 1 aliphatic carbocycles. The van der Waals surface area contributed by atoms with E-state index in [1.54, 1.807) is 0 Å². The van der Waals surface area contributed by atoms with Crippen molar-refractivity contribution in [2.75, 3.05) is 11.9 Å². The van der Waals surface area contributed by atoms with E-state index in [0.717, 1.165) is 21.4 Å². The highest BCUT2D eigenvalue weighted by Crippen LogP contribution is 2.33. The molecular weight excluding hydrogens is 342 g/mol. The number of anilines is 1. The molecule has 17 heavy (non-hydrogen) atoms. The summed E-state index contributed by atoms with van der Waals surface area (Å²) in [7, 11) is 0. The van der Waals surface area contributed by atoms with E-state index in [4.69, 9.17) is 0 Å². The molecule has 0 saturated heterocycles. The van der Waals surface area contributed by atoms with Crippen molar-refractivity contribution in [1.82, 2.24) is 0 Å². The van der Waals surface area contributed by atoms with Crippen molar-refractivity contribution in [3.8, 4) is 0 Å². The lowest BCUT2D eigenvalue weighted by atomic mass is 10.0. The fourth-order valence-corrected chi connectivity index (χ4v) is 4.26. The standard InChI is InChI=1S/C14H19Br2N/c1-10-8-12(15)14(13(16)9-10)17-7-6-11-4-2-3-5-11/h8-9,11,17H,2-7H2,1H3. The normalized spacial score (nSPS) is 16.4. The van der Waals surface area contributed by atoms with Crippen LogP contribution in [0.1, 0.15) is 37.7 Å². The summed E-state index contributed by atoms with van der Waals surface area (Å²) < 4.78 is 2.30. The molecule has 1 fully saturated rings. The average molecular weight is 361 g/mol. The first kappa shape index (κ1) is 13.4. The quantitative estimate of drug-likeness (QED) is 0.746. The maximum absolute atomic E-state index is 3.62. The Labute approximate surface area is 121 Å². The van der Waals surface area contributed by atoms with Crippen LogP contribution in [-0.4, -0.2) is 6.54 Å². The molecule has 2 rings (SSSR count). The van der Waals surface area contributed by atoms with Crippen LogP contribution in [0.2, 0.25) is 0 Å². The smallest absolute Gasteiger partial charge is 0.0629 e. The molecule has 0 aromatic heterocycles. The van der Waals surface area contributed by atoms with Crippen LogP contribution in [0.5, 0.6) is 0 Å². The third kappa shape index (κ3) is 3.72. The van der Waals surface area contributed by atoms with Crippen LogP contribution in [0.4, 0.5) is 5.69 Å². The highest BCUT2D eigenvalue weighted by Gasteiger charge is 2.14. The molecule has 1 saturated carbocycles. The Morgan fingerprint density at radius 1 is 1.18 bits per heavy atom. The number of halogens is 2. The van der Waals surface area contributed by atoms with Gasteiger partial charge in [-0.15, -0.1) is 0 Å². The minimum Gasteiger partial charge on any atom is -0.383 e. The zero-order chi connectivity index (χ0) is 12.3. The first-order chi connectivity index (χ1) is 8.16. The lowest BCUT2D eigenvalue weighted by Crippen LogP contribution is -2.07. The molecule has 1 aromatic rings. The van der Waals surface area contributed by atoms with Crippen LogP contribution >= 0.6 is 31.9 Å². The number of aryl methyl sites for hydroxylation is 1. The van der Waals surface area contributed by atoms with Gasteiger partial charge in [0.15, 0.2) is 0 Å². The maximum Gasteiger partial charge on any atom is 0.0629 e. The fraction of sp³-hybridized carbons (Fsp3) is 0.571. The van der Waals surface area contributed by atoms with E-state index in [0.29, 0.717) is 0 Å². The third-order valence-electron chi connectivity index (χ3n) is 3.52. The van der Waals surface area contributed by atoms with Crippen LogP contribution in [0, 0.1) is 12.8 Å². The van der Waals surface area contributed by atoms with Crippen LogP contribution in [0.15, 0.2) is 21.1 Å². The van der Waals surface area contributed by atoms with Gasteiger partial charge in [0, 0.05) is 15.5 Å². The SMILES string of the molecule is Cc1cc(Br)c(NCCC2CCCC2)c(Br)c1. The van der Waals surface area contributed by atoms with E-state index >= 15 is 0 Å². The zero-order valence-corrected chi connectivity index (χ0v) is 13.4. The van der Waals surface area contributed by atoms with Gasteiger partial charge in [0.05, 0.1) is 5.69 Å². The molecule has 1 aliphatic rings. The summed E-state index contributed by atoms with van der Waals surface area (Å²) in [6.07, 6.45) is 7.02. The molecule has 0 atom stereocenters. The van der Waals surface area contributed by atoms with Crippen molar-refractivity contribution < 1.29 is 0 Å². The van der Waals surface area contributed by atoms with Crippen molar-refractivity contribution in [2.45, 2.75) is 39.0 Å². The first-order valence-corrected chi connectivity index (χ1v) is 7.95. The molecule has 1 nitrogen and oxygen atoms in total. The Hall–Kier alpha value is -0.0200. The van der Waals surface area contributed by atoms with E-state index in [2.05, 4.69) is 56.2 Å². The Morgan fingerprint density at radius 3 is 2.35 bits per heavy atom. The van der Waals surface area contributed by atoms with Gasteiger partial charge in [-0.05, 0) is 68.8 Å². The molecule has 0 bridgehead atoms. The molecular formula is C14H19Br2N. The summed E-state index contributed by atoms with van der Waals surface area (Å²) in [4.78, 5) is 0. The van der Waals surface area contributed by atoms with E-state index in [9.17, 15) is 0 Å². The van der Waals surface area contributed by atoms with E-state index < -0.39 is 0 Å². The zero-order valence-electron chi connectivity index (χ0n) is 10.2. The monoisotopic (exact) mass is 359 g/mol. The number of rotatable bonds is 4. The number of hydrogen-bond acceptors (Lipinski definition) is 1. The third-order valence-corrected chi connectivity index (χ3v) is 4.77. The summed E-state index contributed by atoms with van der Waals surface area (Å²) in [5.74, 6) is 0.950. The predicted molar refractivity (Wildman–Crippen MR) is 81.6 cm³/mol. The van der Waals surface area contributed by atoms with Crippen molar-refractivity contribution in [2.24, 2.45) is 5.92 Å². The van der Waals surface area contributed by atoms with E-state index in [1.165, 1.54) is 43.4 Å². The molecule has 0 amide bonds. The molecule has 0 radical (unpaired) electrons. The van der Waals surface area contributed by atoms with Crippen molar-refractivity contribution in [3.05, 3.63) is 26.6 Å². The maximum atomic E-state index is 3.62. The van der Waals surface area contributed by atoms with Gasteiger partial charge in [0.1, 0.15) is 0 Å². The van der Waals surface area contributed by atoms with Crippen LogP contribution in [-0.2, 0) is 0 Å². The molecule has 0 heterocycles. The molecule has 1 N–H and O–H groups in total. The van der Waals surface area contributed by atoms with Crippen molar-refractivity contribution in [1.29, 1.82) is 0 Å². The Bertz CT molecular complexity index is 361. The molecule has 0 aliphatic heterocycles. The molecule has 94 valence electrons. The topological polar surface area (TPSA) is 12.0 Å². The van der Waals surface area contributed by atoms with Gasteiger partial charge in [-0.1, -0.05) is 25.7 Å².